The maximum Gasteiger partial charge on any atom is 0.225 e. The first-order chi connectivity index (χ1) is 7.33. The predicted octanol–water partition coefficient (Wildman–Crippen LogP) is 2.12. The third kappa shape index (κ3) is 1.36. The number of amides is 1. The summed E-state index contributed by atoms with van der Waals surface area (Å²) < 4.78 is 0. The van der Waals surface area contributed by atoms with E-state index in [2.05, 4.69) is 16.4 Å². The Balaban J connectivity index is 2.24. The fourth-order valence-corrected chi connectivity index (χ4v) is 1.90. The minimum Gasteiger partial charge on any atom is -0.310 e. The number of para-hydroxylation sites is 1. The number of rotatable bonds is 0. The van der Waals surface area contributed by atoms with Crippen LogP contribution >= 0.6 is 0 Å². The monoisotopic (exact) mass is 198 g/mol. The molecule has 2 aromatic rings. The van der Waals surface area contributed by atoms with Crippen LogP contribution in [0.4, 0.5) is 5.82 Å². The second-order valence-corrected chi connectivity index (χ2v) is 3.74. The number of aryl methyl sites for hydroxylation is 1. The number of fused-ring (bicyclic) bond motifs is 2. The van der Waals surface area contributed by atoms with Gasteiger partial charge in [-0.1, -0.05) is 18.2 Å². The van der Waals surface area contributed by atoms with Gasteiger partial charge < -0.3 is 5.32 Å². The second kappa shape index (κ2) is 3.05. The lowest BCUT2D eigenvalue weighted by atomic mass is 10.0. The Bertz CT molecular complexity index is 548. The lowest BCUT2D eigenvalue weighted by Gasteiger charge is -2.16. The van der Waals surface area contributed by atoms with E-state index in [1.54, 1.807) is 0 Å². The lowest BCUT2D eigenvalue weighted by molar-refractivity contribution is -0.116. The standard InChI is InChI=1S/C12H10N2O/c15-11-6-5-9-7-8-3-1-2-4-10(8)13-12(9)14-11/h1-4,7H,5-6H2,(H,13,14,15). The van der Waals surface area contributed by atoms with Gasteiger partial charge in [0.2, 0.25) is 5.91 Å². The van der Waals surface area contributed by atoms with E-state index in [1.165, 1.54) is 0 Å². The van der Waals surface area contributed by atoms with Crippen LogP contribution < -0.4 is 5.32 Å². The molecule has 0 spiro atoms. The number of nitrogens with one attached hydrogen (secondary N) is 1. The summed E-state index contributed by atoms with van der Waals surface area (Å²) >= 11 is 0. The zero-order valence-electron chi connectivity index (χ0n) is 8.16. The number of carbonyl (C=O) groups excluding carboxylic acids is 1. The molecule has 0 unspecified atom stereocenters. The summed E-state index contributed by atoms with van der Waals surface area (Å²) in [5, 5.41) is 3.93. The molecule has 3 heteroatoms. The summed E-state index contributed by atoms with van der Waals surface area (Å²) in [5.74, 6) is 0.787. The SMILES string of the molecule is O=C1CCc2cc3ccccc3nc2N1. The van der Waals surface area contributed by atoms with E-state index in [0.29, 0.717) is 6.42 Å². The van der Waals surface area contributed by atoms with Crippen molar-refractivity contribution in [1.82, 2.24) is 4.98 Å². The zero-order chi connectivity index (χ0) is 10.3. The van der Waals surface area contributed by atoms with Crippen molar-refractivity contribution in [2.75, 3.05) is 5.32 Å². The summed E-state index contributed by atoms with van der Waals surface area (Å²) in [6.45, 7) is 0. The Morgan fingerprint density at radius 1 is 1.20 bits per heavy atom. The topological polar surface area (TPSA) is 42.0 Å². The number of carbonyl (C=O) groups is 1. The molecule has 1 aliphatic heterocycles. The van der Waals surface area contributed by atoms with Crippen LogP contribution in [-0.4, -0.2) is 10.9 Å². The highest BCUT2D eigenvalue weighted by molar-refractivity contribution is 5.95. The molecule has 1 aromatic carbocycles. The zero-order valence-corrected chi connectivity index (χ0v) is 8.16. The minimum atomic E-state index is 0.0604. The van der Waals surface area contributed by atoms with Crippen LogP contribution in [0, 0.1) is 0 Å². The maximum absolute atomic E-state index is 11.2. The normalized spacial score (nSPS) is 14.8. The molecule has 0 saturated carbocycles. The first-order valence-corrected chi connectivity index (χ1v) is 5.01. The molecule has 1 amide bonds. The summed E-state index contributed by atoms with van der Waals surface area (Å²) in [7, 11) is 0. The smallest absolute Gasteiger partial charge is 0.225 e. The van der Waals surface area contributed by atoms with Gasteiger partial charge in [0.15, 0.2) is 0 Å². The Labute approximate surface area is 87.1 Å². The third-order valence-corrected chi connectivity index (χ3v) is 2.68. The molecule has 0 saturated heterocycles. The number of pyridine rings is 1. The van der Waals surface area contributed by atoms with Crippen LogP contribution in [0.25, 0.3) is 10.9 Å². The number of benzene rings is 1. The molecule has 0 bridgehead atoms. The molecule has 2 heterocycles. The predicted molar refractivity (Wildman–Crippen MR) is 58.7 cm³/mol. The minimum absolute atomic E-state index is 0.0604. The van der Waals surface area contributed by atoms with E-state index in [4.69, 9.17) is 0 Å². The Kier molecular flexibility index (Phi) is 1.71. The fourth-order valence-electron chi connectivity index (χ4n) is 1.90. The number of anilines is 1. The van der Waals surface area contributed by atoms with Gasteiger partial charge in [0.25, 0.3) is 0 Å². The summed E-state index contributed by atoms with van der Waals surface area (Å²) in [5.41, 5.74) is 2.06. The van der Waals surface area contributed by atoms with Crippen molar-refractivity contribution in [2.24, 2.45) is 0 Å². The highest BCUT2D eigenvalue weighted by Crippen LogP contribution is 2.24. The quantitative estimate of drug-likeness (QED) is 0.704. The Morgan fingerprint density at radius 2 is 2.07 bits per heavy atom. The first kappa shape index (κ1) is 8.41. The molecule has 1 N–H and O–H groups in total. The lowest BCUT2D eigenvalue weighted by Crippen LogP contribution is -2.20. The summed E-state index contributed by atoms with van der Waals surface area (Å²) in [4.78, 5) is 15.6. The second-order valence-electron chi connectivity index (χ2n) is 3.74. The first-order valence-electron chi connectivity index (χ1n) is 5.01. The number of nitrogens with zero attached hydrogens (tertiary/aromatic N) is 1. The molecular weight excluding hydrogens is 188 g/mol. The van der Waals surface area contributed by atoms with Gasteiger partial charge in [-0.3, -0.25) is 4.79 Å². The molecule has 0 atom stereocenters. The van der Waals surface area contributed by atoms with Crippen molar-refractivity contribution in [1.29, 1.82) is 0 Å². The maximum atomic E-state index is 11.2. The van der Waals surface area contributed by atoms with Crippen LogP contribution in [0.5, 0.6) is 0 Å². The van der Waals surface area contributed by atoms with Crippen molar-refractivity contribution in [3.63, 3.8) is 0 Å². The van der Waals surface area contributed by atoms with Crippen molar-refractivity contribution < 1.29 is 4.79 Å². The largest absolute Gasteiger partial charge is 0.310 e. The molecule has 3 nitrogen and oxygen atoms in total. The van der Waals surface area contributed by atoms with Gasteiger partial charge in [-0.15, -0.1) is 0 Å². The van der Waals surface area contributed by atoms with E-state index in [1.807, 2.05) is 24.3 Å². The average Bonchev–Trinajstić information content (AvgIpc) is 2.26. The van der Waals surface area contributed by atoms with Gasteiger partial charge in [0, 0.05) is 11.8 Å². The number of hydrogen-bond acceptors (Lipinski definition) is 2. The highest BCUT2D eigenvalue weighted by atomic mass is 16.1. The molecule has 1 aliphatic rings. The van der Waals surface area contributed by atoms with Gasteiger partial charge in [-0.05, 0) is 24.1 Å². The van der Waals surface area contributed by atoms with Gasteiger partial charge in [0.1, 0.15) is 5.82 Å². The highest BCUT2D eigenvalue weighted by Gasteiger charge is 2.16. The van der Waals surface area contributed by atoms with Gasteiger partial charge >= 0.3 is 0 Å². The van der Waals surface area contributed by atoms with Crippen LogP contribution in [0.2, 0.25) is 0 Å². The fraction of sp³-hybridized carbons (Fsp3) is 0.167. The average molecular weight is 198 g/mol. The van der Waals surface area contributed by atoms with Crippen LogP contribution in [0.1, 0.15) is 12.0 Å². The van der Waals surface area contributed by atoms with Crippen LogP contribution in [0.3, 0.4) is 0 Å². The van der Waals surface area contributed by atoms with Crippen LogP contribution in [-0.2, 0) is 11.2 Å². The van der Waals surface area contributed by atoms with Crippen molar-refractivity contribution >= 4 is 22.6 Å². The molecular formula is C12H10N2O. The van der Waals surface area contributed by atoms with Gasteiger partial charge in [-0.25, -0.2) is 4.98 Å². The molecule has 0 aliphatic carbocycles. The molecule has 0 fully saturated rings. The summed E-state index contributed by atoms with van der Waals surface area (Å²) in [6.07, 6.45) is 1.35. The van der Waals surface area contributed by atoms with Crippen molar-refractivity contribution in [3.8, 4) is 0 Å². The van der Waals surface area contributed by atoms with Gasteiger partial charge in [-0.2, -0.15) is 0 Å². The summed E-state index contributed by atoms with van der Waals surface area (Å²) in [6, 6.07) is 10.1. The Hall–Kier alpha value is -1.90. The van der Waals surface area contributed by atoms with E-state index in [0.717, 1.165) is 28.7 Å². The third-order valence-electron chi connectivity index (χ3n) is 2.68. The number of hydrogen-bond donors (Lipinski definition) is 1. The van der Waals surface area contributed by atoms with Gasteiger partial charge in [0.05, 0.1) is 5.52 Å². The molecule has 0 radical (unpaired) electrons. The Morgan fingerprint density at radius 3 is 3.00 bits per heavy atom. The van der Waals surface area contributed by atoms with E-state index < -0.39 is 0 Å². The van der Waals surface area contributed by atoms with E-state index in [9.17, 15) is 4.79 Å². The molecule has 1 aromatic heterocycles. The van der Waals surface area contributed by atoms with Crippen molar-refractivity contribution in [2.45, 2.75) is 12.8 Å². The molecule has 74 valence electrons. The molecule has 15 heavy (non-hydrogen) atoms. The van der Waals surface area contributed by atoms with E-state index in [-0.39, 0.29) is 5.91 Å². The van der Waals surface area contributed by atoms with E-state index >= 15 is 0 Å². The van der Waals surface area contributed by atoms with Crippen LogP contribution in [0.15, 0.2) is 30.3 Å². The molecule has 3 rings (SSSR count). The number of aromatic nitrogens is 1. The van der Waals surface area contributed by atoms with Crippen molar-refractivity contribution in [3.05, 3.63) is 35.9 Å².